The molecule has 4 heteroatoms. The highest BCUT2D eigenvalue weighted by atomic mass is 127. The van der Waals surface area contributed by atoms with Crippen LogP contribution >= 0.6 is 34.4 Å². The van der Waals surface area contributed by atoms with Crippen molar-refractivity contribution in [2.24, 2.45) is 0 Å². The molecule has 0 aliphatic heterocycles. The van der Waals surface area contributed by atoms with Crippen LogP contribution in [0.15, 0.2) is 23.1 Å². The number of nitrogens with two attached hydrogens (primary N) is 1. The van der Waals surface area contributed by atoms with E-state index in [-0.39, 0.29) is 6.61 Å². The van der Waals surface area contributed by atoms with Gasteiger partial charge in [-0.1, -0.05) is 0 Å². The second-order valence-corrected chi connectivity index (χ2v) is 4.99. The minimum atomic E-state index is 0.247. The van der Waals surface area contributed by atoms with Crippen molar-refractivity contribution in [3.63, 3.8) is 0 Å². The van der Waals surface area contributed by atoms with E-state index in [2.05, 4.69) is 22.6 Å². The van der Waals surface area contributed by atoms with Crippen LogP contribution in [0.4, 0.5) is 5.69 Å². The molecule has 3 N–H and O–H groups in total. The van der Waals surface area contributed by atoms with Gasteiger partial charge in [0.2, 0.25) is 0 Å². The lowest BCUT2D eigenvalue weighted by Gasteiger charge is -2.04. The molecule has 0 bridgehead atoms. The Kier molecular flexibility index (Phi) is 4.90. The fraction of sp³-hybridized carbons (Fsp3) is 0.333. The van der Waals surface area contributed by atoms with Gasteiger partial charge < -0.3 is 10.8 Å². The van der Waals surface area contributed by atoms with Crippen LogP contribution in [-0.2, 0) is 0 Å². The molecule has 0 unspecified atom stereocenters. The van der Waals surface area contributed by atoms with Crippen LogP contribution in [0.5, 0.6) is 0 Å². The van der Waals surface area contributed by atoms with E-state index in [0.29, 0.717) is 0 Å². The van der Waals surface area contributed by atoms with Gasteiger partial charge in [0.25, 0.3) is 0 Å². The number of hydrogen-bond acceptors (Lipinski definition) is 3. The van der Waals surface area contributed by atoms with Crippen LogP contribution in [0.3, 0.4) is 0 Å². The summed E-state index contributed by atoms with van der Waals surface area (Å²) >= 11 is 3.93. The first-order valence-electron chi connectivity index (χ1n) is 4.02. The van der Waals surface area contributed by atoms with Gasteiger partial charge >= 0.3 is 0 Å². The van der Waals surface area contributed by atoms with Crippen LogP contribution in [0, 0.1) is 3.57 Å². The maximum atomic E-state index is 8.61. The molecule has 0 aliphatic rings. The fourth-order valence-corrected chi connectivity index (χ4v) is 2.30. The summed E-state index contributed by atoms with van der Waals surface area (Å²) in [6.45, 7) is 0.247. The lowest BCUT2D eigenvalue weighted by atomic mass is 10.3. The maximum absolute atomic E-state index is 8.61. The van der Waals surface area contributed by atoms with Crippen molar-refractivity contribution in [1.29, 1.82) is 0 Å². The first kappa shape index (κ1) is 11.1. The van der Waals surface area contributed by atoms with Crippen LogP contribution < -0.4 is 5.73 Å². The van der Waals surface area contributed by atoms with Crippen LogP contribution in [-0.4, -0.2) is 17.5 Å². The Balaban J connectivity index is 2.56. The highest BCUT2D eigenvalue weighted by Crippen LogP contribution is 2.26. The predicted molar refractivity (Wildman–Crippen MR) is 66.0 cm³/mol. The Morgan fingerprint density at radius 3 is 2.85 bits per heavy atom. The Morgan fingerprint density at radius 2 is 2.23 bits per heavy atom. The Bertz CT molecular complexity index is 280. The van der Waals surface area contributed by atoms with Gasteiger partial charge in [-0.3, -0.25) is 0 Å². The molecule has 0 aromatic heterocycles. The summed E-state index contributed by atoms with van der Waals surface area (Å²) in [5.74, 6) is 0.918. The Labute approximate surface area is 96.0 Å². The van der Waals surface area contributed by atoms with E-state index >= 15 is 0 Å². The topological polar surface area (TPSA) is 46.2 Å². The van der Waals surface area contributed by atoms with Gasteiger partial charge in [-0.05, 0) is 47.2 Å². The number of nitrogen functional groups attached to an aromatic ring is 1. The van der Waals surface area contributed by atoms with Crippen molar-refractivity contribution in [2.75, 3.05) is 18.1 Å². The van der Waals surface area contributed by atoms with Crippen molar-refractivity contribution < 1.29 is 5.11 Å². The molecule has 0 fully saturated rings. The quantitative estimate of drug-likeness (QED) is 0.388. The Morgan fingerprint density at radius 1 is 1.46 bits per heavy atom. The summed E-state index contributed by atoms with van der Waals surface area (Å²) in [4.78, 5) is 1.11. The third kappa shape index (κ3) is 3.74. The number of hydrogen-bond donors (Lipinski definition) is 2. The van der Waals surface area contributed by atoms with Gasteiger partial charge in [0.1, 0.15) is 0 Å². The standard InChI is InChI=1S/C9H12INOS/c10-7-2-3-9(8(11)6-7)13-5-1-4-12/h2-3,6,12H,1,4-5,11H2. The number of halogens is 1. The predicted octanol–water partition coefficient (Wildman–Crippen LogP) is 2.35. The molecule has 0 radical (unpaired) electrons. The number of aliphatic hydroxyl groups is 1. The zero-order chi connectivity index (χ0) is 9.68. The van der Waals surface area contributed by atoms with Gasteiger partial charge in [0.05, 0.1) is 0 Å². The zero-order valence-electron chi connectivity index (χ0n) is 7.16. The fourth-order valence-electron chi connectivity index (χ4n) is 0.897. The third-order valence-electron chi connectivity index (χ3n) is 1.53. The minimum Gasteiger partial charge on any atom is -0.398 e. The monoisotopic (exact) mass is 309 g/mol. The number of aliphatic hydroxyl groups excluding tert-OH is 1. The lowest BCUT2D eigenvalue weighted by molar-refractivity contribution is 0.296. The molecule has 0 heterocycles. The molecule has 0 amide bonds. The van der Waals surface area contributed by atoms with Crippen molar-refractivity contribution >= 4 is 40.0 Å². The lowest BCUT2D eigenvalue weighted by Crippen LogP contribution is -1.91. The van der Waals surface area contributed by atoms with E-state index in [0.717, 1.165) is 26.3 Å². The zero-order valence-corrected chi connectivity index (χ0v) is 10.1. The average molecular weight is 309 g/mol. The van der Waals surface area contributed by atoms with Gasteiger partial charge in [-0.15, -0.1) is 11.8 Å². The van der Waals surface area contributed by atoms with Crippen molar-refractivity contribution in [3.05, 3.63) is 21.8 Å². The molecule has 72 valence electrons. The normalized spacial score (nSPS) is 10.3. The number of benzene rings is 1. The second kappa shape index (κ2) is 5.72. The molecule has 0 spiro atoms. The van der Waals surface area contributed by atoms with Crippen LogP contribution in [0.1, 0.15) is 6.42 Å². The molecular weight excluding hydrogens is 297 g/mol. The van der Waals surface area contributed by atoms with E-state index in [1.165, 1.54) is 0 Å². The molecule has 13 heavy (non-hydrogen) atoms. The summed E-state index contributed by atoms with van der Waals surface area (Å²) in [6, 6.07) is 6.03. The molecule has 1 aromatic carbocycles. The molecule has 0 saturated heterocycles. The van der Waals surface area contributed by atoms with Crippen molar-refractivity contribution in [1.82, 2.24) is 0 Å². The Hall–Kier alpha value is 0.0600. The molecule has 0 saturated carbocycles. The van der Waals surface area contributed by atoms with E-state index in [1.807, 2.05) is 18.2 Å². The number of anilines is 1. The summed E-state index contributed by atoms with van der Waals surface area (Å²) in [5.41, 5.74) is 6.64. The molecule has 1 rings (SSSR count). The minimum absolute atomic E-state index is 0.247. The first-order valence-corrected chi connectivity index (χ1v) is 6.09. The maximum Gasteiger partial charge on any atom is 0.0462 e. The highest BCUT2D eigenvalue weighted by molar-refractivity contribution is 14.1. The third-order valence-corrected chi connectivity index (χ3v) is 3.38. The van der Waals surface area contributed by atoms with Gasteiger partial charge in [-0.2, -0.15) is 0 Å². The van der Waals surface area contributed by atoms with E-state index < -0.39 is 0 Å². The molecule has 0 aliphatic carbocycles. The van der Waals surface area contributed by atoms with Crippen molar-refractivity contribution in [2.45, 2.75) is 11.3 Å². The summed E-state index contributed by atoms with van der Waals surface area (Å²) in [7, 11) is 0. The van der Waals surface area contributed by atoms with Crippen LogP contribution in [0.2, 0.25) is 0 Å². The van der Waals surface area contributed by atoms with Crippen molar-refractivity contribution in [3.8, 4) is 0 Å². The van der Waals surface area contributed by atoms with E-state index in [9.17, 15) is 0 Å². The summed E-state index contributed by atoms with van der Waals surface area (Å²) in [6.07, 6.45) is 0.816. The largest absolute Gasteiger partial charge is 0.398 e. The number of thioether (sulfide) groups is 1. The van der Waals surface area contributed by atoms with Gasteiger partial charge in [0, 0.05) is 26.5 Å². The summed E-state index contributed by atoms with van der Waals surface area (Å²) in [5, 5.41) is 8.61. The molecule has 1 aromatic rings. The highest BCUT2D eigenvalue weighted by Gasteiger charge is 1.99. The molecule has 0 atom stereocenters. The van der Waals surface area contributed by atoms with Gasteiger partial charge in [0.15, 0.2) is 0 Å². The SMILES string of the molecule is Nc1cc(I)ccc1SCCCO. The average Bonchev–Trinajstić information content (AvgIpc) is 2.09. The second-order valence-electron chi connectivity index (χ2n) is 2.61. The van der Waals surface area contributed by atoms with E-state index in [1.54, 1.807) is 11.8 Å². The molecule has 2 nitrogen and oxygen atoms in total. The summed E-state index contributed by atoms with van der Waals surface area (Å²) < 4.78 is 1.15. The smallest absolute Gasteiger partial charge is 0.0462 e. The van der Waals surface area contributed by atoms with Gasteiger partial charge in [-0.25, -0.2) is 0 Å². The first-order chi connectivity index (χ1) is 6.24. The van der Waals surface area contributed by atoms with Crippen LogP contribution in [0.25, 0.3) is 0 Å². The molecular formula is C9H12INOS. The van der Waals surface area contributed by atoms with E-state index in [4.69, 9.17) is 10.8 Å². The number of rotatable bonds is 4.